The minimum Gasteiger partial charge on any atom is -0.438 e. The summed E-state index contributed by atoms with van der Waals surface area (Å²) in [6.45, 7) is 4.47. The van der Waals surface area contributed by atoms with Gasteiger partial charge in [0.15, 0.2) is 11.6 Å². The van der Waals surface area contributed by atoms with Crippen molar-refractivity contribution in [3.05, 3.63) is 76.7 Å². The van der Waals surface area contributed by atoms with Crippen molar-refractivity contribution in [2.24, 2.45) is 5.92 Å². The fraction of sp³-hybridized carbons (Fsp3) is 0.346. The number of fused-ring (bicyclic) bond motifs is 1. The lowest BCUT2D eigenvalue weighted by Crippen LogP contribution is -2.38. The molecule has 3 heterocycles. The molecule has 9 heteroatoms. The molecule has 2 aromatic carbocycles. The van der Waals surface area contributed by atoms with Crippen molar-refractivity contribution in [2.75, 3.05) is 24.5 Å². The maximum absolute atomic E-state index is 13.8. The number of hydrogen-bond donors (Lipinski definition) is 0. The molecule has 0 saturated carbocycles. The summed E-state index contributed by atoms with van der Waals surface area (Å²) >= 11 is 0. The zero-order valence-corrected chi connectivity index (χ0v) is 19.3. The van der Waals surface area contributed by atoms with E-state index < -0.39 is 17.5 Å². The van der Waals surface area contributed by atoms with Crippen LogP contribution in [-0.4, -0.2) is 40.4 Å². The van der Waals surface area contributed by atoms with E-state index in [0.717, 1.165) is 43.8 Å². The molecule has 35 heavy (non-hydrogen) atoms. The van der Waals surface area contributed by atoms with Crippen LogP contribution in [0.25, 0.3) is 0 Å². The van der Waals surface area contributed by atoms with Crippen LogP contribution in [-0.2, 0) is 13.0 Å². The van der Waals surface area contributed by atoms with Crippen molar-refractivity contribution in [2.45, 2.75) is 32.7 Å². The summed E-state index contributed by atoms with van der Waals surface area (Å²) in [6, 6.07) is 8.69. The summed E-state index contributed by atoms with van der Waals surface area (Å²) in [5.74, 6) is -1.18. The van der Waals surface area contributed by atoms with Crippen LogP contribution < -0.4 is 9.64 Å². The first-order chi connectivity index (χ1) is 16.9. The monoisotopic (exact) mass is 482 g/mol. The molecule has 0 atom stereocenters. The third-order valence-corrected chi connectivity index (χ3v) is 6.56. The largest absolute Gasteiger partial charge is 0.438 e. The number of hydrogen-bond acceptors (Lipinski definition) is 5. The highest BCUT2D eigenvalue weighted by molar-refractivity contribution is 5.94. The van der Waals surface area contributed by atoms with Crippen LogP contribution in [0, 0.1) is 23.4 Å². The summed E-state index contributed by atoms with van der Waals surface area (Å²) in [6.07, 6.45) is 2.54. The molecular weight excluding hydrogens is 457 g/mol. The molecule has 1 aromatic heterocycles. The van der Waals surface area contributed by atoms with E-state index in [9.17, 15) is 18.0 Å². The zero-order valence-electron chi connectivity index (χ0n) is 19.3. The Labute approximate surface area is 201 Å². The van der Waals surface area contributed by atoms with Crippen molar-refractivity contribution in [3.8, 4) is 11.6 Å². The fourth-order valence-electron chi connectivity index (χ4n) is 4.41. The maximum atomic E-state index is 13.8. The van der Waals surface area contributed by atoms with Crippen molar-refractivity contribution in [3.63, 3.8) is 0 Å². The van der Waals surface area contributed by atoms with Crippen LogP contribution in [0.4, 0.5) is 19.1 Å². The molecule has 1 fully saturated rings. The van der Waals surface area contributed by atoms with E-state index in [0.29, 0.717) is 36.0 Å². The van der Waals surface area contributed by atoms with Crippen molar-refractivity contribution in [1.29, 1.82) is 0 Å². The Kier molecular flexibility index (Phi) is 6.32. The quantitative estimate of drug-likeness (QED) is 0.517. The Bertz CT molecular complexity index is 1240. The second-order valence-electron chi connectivity index (χ2n) is 9.09. The van der Waals surface area contributed by atoms with Crippen LogP contribution in [0.3, 0.4) is 0 Å². The van der Waals surface area contributed by atoms with Crippen LogP contribution in [0.5, 0.6) is 11.6 Å². The van der Waals surface area contributed by atoms with Gasteiger partial charge in [-0.25, -0.2) is 18.2 Å². The van der Waals surface area contributed by atoms with Crippen LogP contribution in [0.15, 0.2) is 42.5 Å². The third kappa shape index (κ3) is 4.94. The highest BCUT2D eigenvalue weighted by atomic mass is 19.2. The Hall–Kier alpha value is -3.62. The van der Waals surface area contributed by atoms with Gasteiger partial charge >= 0.3 is 0 Å². The minimum absolute atomic E-state index is 0.102. The number of ether oxygens (including phenoxy) is 1. The normalized spacial score (nSPS) is 16.2. The number of aromatic nitrogens is 2. The number of carbonyl (C=O) groups is 1. The van der Waals surface area contributed by atoms with E-state index in [1.807, 2.05) is 0 Å². The average molecular weight is 483 g/mol. The summed E-state index contributed by atoms with van der Waals surface area (Å²) in [5, 5.41) is 0. The molecule has 1 amide bonds. The number of anilines is 1. The number of halogens is 3. The molecule has 182 valence electrons. The van der Waals surface area contributed by atoms with E-state index in [1.54, 1.807) is 4.90 Å². The van der Waals surface area contributed by atoms with Crippen molar-refractivity contribution < 1.29 is 22.7 Å². The maximum Gasteiger partial charge on any atom is 0.254 e. The second kappa shape index (κ2) is 9.56. The first-order valence-electron chi connectivity index (χ1n) is 11.7. The van der Waals surface area contributed by atoms with Crippen LogP contribution >= 0.6 is 0 Å². The number of nitrogens with zero attached hydrogens (tertiary/aromatic N) is 4. The molecule has 0 aliphatic carbocycles. The highest BCUT2D eigenvalue weighted by Gasteiger charge is 2.29. The van der Waals surface area contributed by atoms with Gasteiger partial charge in [-0.2, -0.15) is 4.98 Å². The number of benzene rings is 2. The summed E-state index contributed by atoms with van der Waals surface area (Å²) in [5.41, 5.74) is 1.75. The van der Waals surface area contributed by atoms with Gasteiger partial charge in [0, 0.05) is 37.7 Å². The van der Waals surface area contributed by atoms with Gasteiger partial charge in [-0.3, -0.25) is 4.79 Å². The molecule has 0 spiro atoms. The lowest BCUT2D eigenvalue weighted by Gasteiger charge is -2.33. The van der Waals surface area contributed by atoms with Gasteiger partial charge in [-0.05, 0) is 55.2 Å². The predicted octanol–water partition coefficient (Wildman–Crippen LogP) is 5.12. The Morgan fingerprint density at radius 1 is 0.971 bits per heavy atom. The smallest absolute Gasteiger partial charge is 0.254 e. The van der Waals surface area contributed by atoms with Gasteiger partial charge in [-0.1, -0.05) is 6.92 Å². The Balaban J connectivity index is 1.48. The molecule has 1 saturated heterocycles. The number of rotatable bonds is 4. The highest BCUT2D eigenvalue weighted by Crippen LogP contribution is 2.33. The molecular formula is C26H25F3N4O2. The molecule has 5 rings (SSSR count). The number of piperidine rings is 1. The fourth-order valence-corrected chi connectivity index (χ4v) is 4.41. The predicted molar refractivity (Wildman–Crippen MR) is 124 cm³/mol. The topological polar surface area (TPSA) is 58.6 Å². The molecule has 6 nitrogen and oxygen atoms in total. The standard InChI is InChI=1S/C26H25F3N4O2/c1-16-8-11-32(12-9-16)26-30-23-10-13-33(25(34)17-2-4-18(27)5-3-17)15-20(23)24(31-26)35-19-6-7-21(28)22(29)14-19/h2-7,14,16H,8-13,15H2,1H3. The van der Waals surface area contributed by atoms with E-state index >= 15 is 0 Å². The van der Waals surface area contributed by atoms with Crippen LogP contribution in [0.1, 0.15) is 41.4 Å². The van der Waals surface area contributed by atoms with Crippen molar-refractivity contribution >= 4 is 11.9 Å². The summed E-state index contributed by atoms with van der Waals surface area (Å²) < 4.78 is 46.5. The molecule has 0 radical (unpaired) electrons. The second-order valence-corrected chi connectivity index (χ2v) is 9.09. The van der Waals surface area contributed by atoms with Gasteiger partial charge in [-0.15, -0.1) is 0 Å². The summed E-state index contributed by atoms with van der Waals surface area (Å²) in [7, 11) is 0. The molecule has 3 aromatic rings. The van der Waals surface area contributed by atoms with Gasteiger partial charge in [0.25, 0.3) is 5.91 Å². The van der Waals surface area contributed by atoms with Gasteiger partial charge in [0.2, 0.25) is 11.8 Å². The average Bonchev–Trinajstić information content (AvgIpc) is 2.86. The van der Waals surface area contributed by atoms with Gasteiger partial charge in [0.05, 0.1) is 17.8 Å². The lowest BCUT2D eigenvalue weighted by atomic mass is 9.99. The van der Waals surface area contributed by atoms with Gasteiger partial charge < -0.3 is 14.5 Å². The first kappa shape index (κ1) is 23.1. The van der Waals surface area contributed by atoms with E-state index in [1.165, 1.54) is 30.3 Å². The zero-order chi connectivity index (χ0) is 24.5. The number of carbonyl (C=O) groups excluding carboxylic acids is 1. The third-order valence-electron chi connectivity index (χ3n) is 6.56. The Morgan fingerprint density at radius 2 is 1.71 bits per heavy atom. The SMILES string of the molecule is CC1CCN(c2nc3c(c(Oc4ccc(F)c(F)c4)n2)CN(C(=O)c2ccc(F)cc2)CC3)CC1. The first-order valence-corrected chi connectivity index (χ1v) is 11.7. The van der Waals surface area contributed by atoms with Gasteiger partial charge in [0.1, 0.15) is 11.6 Å². The summed E-state index contributed by atoms with van der Waals surface area (Å²) in [4.78, 5) is 26.2. The number of amides is 1. The Morgan fingerprint density at radius 3 is 2.43 bits per heavy atom. The van der Waals surface area contributed by atoms with Crippen molar-refractivity contribution in [1.82, 2.24) is 14.9 Å². The molecule has 2 aliphatic heterocycles. The minimum atomic E-state index is -1.02. The molecule has 0 N–H and O–H groups in total. The molecule has 2 aliphatic rings. The van der Waals surface area contributed by atoms with E-state index in [-0.39, 0.29) is 24.1 Å². The molecule has 0 bridgehead atoms. The van der Waals surface area contributed by atoms with E-state index in [4.69, 9.17) is 9.72 Å². The lowest BCUT2D eigenvalue weighted by molar-refractivity contribution is 0.0732. The van der Waals surface area contributed by atoms with E-state index in [2.05, 4.69) is 16.8 Å². The molecule has 0 unspecified atom stereocenters. The van der Waals surface area contributed by atoms with Crippen LogP contribution in [0.2, 0.25) is 0 Å².